The van der Waals surface area contributed by atoms with Gasteiger partial charge in [-0.25, -0.2) is 0 Å². The number of carbonyl (C=O) groups is 1. The van der Waals surface area contributed by atoms with Crippen LogP contribution >= 0.6 is 0 Å². The second kappa shape index (κ2) is 6.63. The molecule has 3 aromatic rings. The van der Waals surface area contributed by atoms with Gasteiger partial charge in [0.15, 0.2) is 0 Å². The van der Waals surface area contributed by atoms with Crippen molar-refractivity contribution >= 4 is 22.5 Å². The molecule has 0 saturated carbocycles. The average Bonchev–Trinajstić information content (AvgIpc) is 3.02. The van der Waals surface area contributed by atoms with Gasteiger partial charge in [-0.05, 0) is 48.2 Å². The number of nitrogens with zero attached hydrogens (tertiary/aromatic N) is 2. The Bertz CT molecular complexity index is 877. The van der Waals surface area contributed by atoms with Gasteiger partial charge in [0.05, 0.1) is 6.42 Å². The number of aryl methyl sites for hydroxylation is 1. The molecule has 0 unspecified atom stereocenters. The molecule has 0 bridgehead atoms. The molecule has 1 amide bonds. The lowest BCUT2D eigenvalue weighted by Crippen LogP contribution is -2.49. The summed E-state index contributed by atoms with van der Waals surface area (Å²) in [5, 5.41) is 1.18. The fourth-order valence-electron chi connectivity index (χ4n) is 3.58. The zero-order chi connectivity index (χ0) is 17.2. The van der Waals surface area contributed by atoms with E-state index in [0.29, 0.717) is 6.42 Å². The normalized spacial score (nSPS) is 14.9. The largest absolute Gasteiger partial charge is 0.368 e. The second-order valence-electron chi connectivity index (χ2n) is 6.75. The highest BCUT2D eigenvalue weighted by Crippen LogP contribution is 2.19. The highest BCUT2D eigenvalue weighted by atomic mass is 16.2. The van der Waals surface area contributed by atoms with E-state index in [1.165, 1.54) is 11.1 Å². The van der Waals surface area contributed by atoms with Crippen LogP contribution < -0.4 is 4.90 Å². The lowest BCUT2D eigenvalue weighted by atomic mass is 10.1. The van der Waals surface area contributed by atoms with E-state index in [9.17, 15) is 4.79 Å². The molecule has 1 aromatic heterocycles. The summed E-state index contributed by atoms with van der Waals surface area (Å²) >= 11 is 0. The third kappa shape index (κ3) is 3.38. The van der Waals surface area contributed by atoms with E-state index < -0.39 is 0 Å². The highest BCUT2D eigenvalue weighted by molar-refractivity contribution is 5.84. The van der Waals surface area contributed by atoms with Crippen molar-refractivity contribution in [2.45, 2.75) is 13.3 Å². The van der Waals surface area contributed by atoms with Gasteiger partial charge in [-0.3, -0.25) is 4.79 Å². The molecule has 1 saturated heterocycles. The van der Waals surface area contributed by atoms with Crippen LogP contribution in [0.4, 0.5) is 5.69 Å². The second-order valence-corrected chi connectivity index (χ2v) is 6.75. The Morgan fingerprint density at radius 3 is 2.52 bits per heavy atom. The van der Waals surface area contributed by atoms with Crippen LogP contribution in [0.15, 0.2) is 54.6 Å². The van der Waals surface area contributed by atoms with Crippen molar-refractivity contribution < 1.29 is 4.79 Å². The summed E-state index contributed by atoms with van der Waals surface area (Å²) in [7, 11) is 0. The molecular formula is C21H23N3O. The molecule has 0 atom stereocenters. The predicted octanol–water partition coefficient (Wildman–Crippen LogP) is 3.37. The van der Waals surface area contributed by atoms with Gasteiger partial charge in [-0.1, -0.05) is 24.3 Å². The molecule has 1 N–H and O–H groups in total. The molecule has 4 nitrogen and oxygen atoms in total. The van der Waals surface area contributed by atoms with E-state index in [1.807, 2.05) is 11.0 Å². The number of aromatic nitrogens is 1. The molecule has 1 aliphatic rings. The Morgan fingerprint density at radius 1 is 1.00 bits per heavy atom. The van der Waals surface area contributed by atoms with E-state index in [4.69, 9.17) is 0 Å². The van der Waals surface area contributed by atoms with Gasteiger partial charge >= 0.3 is 0 Å². The van der Waals surface area contributed by atoms with Crippen LogP contribution in [-0.2, 0) is 11.2 Å². The molecule has 1 aliphatic heterocycles. The molecule has 2 heterocycles. The number of H-pyrrole nitrogens is 1. The van der Waals surface area contributed by atoms with Crippen LogP contribution in [0, 0.1) is 6.92 Å². The molecular weight excluding hydrogens is 310 g/mol. The molecule has 128 valence electrons. The molecule has 4 rings (SSSR count). The molecule has 4 heteroatoms. The van der Waals surface area contributed by atoms with Crippen LogP contribution in [-0.4, -0.2) is 42.0 Å². The highest BCUT2D eigenvalue weighted by Gasteiger charge is 2.21. The maximum Gasteiger partial charge on any atom is 0.227 e. The first-order valence-electron chi connectivity index (χ1n) is 8.85. The van der Waals surface area contributed by atoms with Crippen LogP contribution in [0.2, 0.25) is 0 Å². The number of benzene rings is 2. The molecule has 2 aromatic carbocycles. The summed E-state index contributed by atoms with van der Waals surface area (Å²) in [6.45, 7) is 5.42. The van der Waals surface area contributed by atoms with E-state index >= 15 is 0 Å². The van der Waals surface area contributed by atoms with Crippen molar-refractivity contribution in [3.05, 3.63) is 65.9 Å². The van der Waals surface area contributed by atoms with Gasteiger partial charge < -0.3 is 14.8 Å². The van der Waals surface area contributed by atoms with Gasteiger partial charge in [0.25, 0.3) is 0 Å². The SMILES string of the molecule is Cc1cc2cc(CC(=O)N3CCN(c4ccccc4)CC3)ccc2[nH]1. The number of para-hydroxylation sites is 1. The molecule has 0 radical (unpaired) electrons. The number of piperazine rings is 1. The van der Waals surface area contributed by atoms with Crippen molar-refractivity contribution in [1.82, 2.24) is 9.88 Å². The summed E-state index contributed by atoms with van der Waals surface area (Å²) in [6, 6.07) is 18.8. The third-order valence-corrected chi connectivity index (χ3v) is 4.93. The van der Waals surface area contributed by atoms with Gasteiger partial charge in [0.1, 0.15) is 0 Å². The van der Waals surface area contributed by atoms with Crippen LogP contribution in [0.1, 0.15) is 11.3 Å². The lowest BCUT2D eigenvalue weighted by Gasteiger charge is -2.36. The predicted molar refractivity (Wildman–Crippen MR) is 102 cm³/mol. The first-order chi connectivity index (χ1) is 12.2. The monoisotopic (exact) mass is 333 g/mol. The minimum absolute atomic E-state index is 0.222. The first-order valence-corrected chi connectivity index (χ1v) is 8.85. The van der Waals surface area contributed by atoms with Crippen molar-refractivity contribution in [2.24, 2.45) is 0 Å². The Balaban J connectivity index is 1.38. The van der Waals surface area contributed by atoms with Crippen molar-refractivity contribution in [3.63, 3.8) is 0 Å². The van der Waals surface area contributed by atoms with E-state index in [-0.39, 0.29) is 5.91 Å². The zero-order valence-corrected chi connectivity index (χ0v) is 14.5. The molecule has 0 aliphatic carbocycles. The number of amides is 1. The number of nitrogens with one attached hydrogen (secondary N) is 1. The number of anilines is 1. The fraction of sp³-hybridized carbons (Fsp3) is 0.286. The van der Waals surface area contributed by atoms with Crippen LogP contribution in [0.5, 0.6) is 0 Å². The maximum atomic E-state index is 12.7. The molecule has 1 fully saturated rings. The van der Waals surface area contributed by atoms with Gasteiger partial charge in [-0.15, -0.1) is 0 Å². The zero-order valence-electron chi connectivity index (χ0n) is 14.5. The standard InChI is InChI=1S/C21H23N3O/c1-16-13-18-14-17(7-8-20(18)22-16)15-21(25)24-11-9-23(10-12-24)19-5-3-2-4-6-19/h2-8,13-14,22H,9-12,15H2,1H3. The van der Waals surface area contributed by atoms with E-state index in [1.54, 1.807) is 0 Å². The third-order valence-electron chi connectivity index (χ3n) is 4.93. The fourth-order valence-corrected chi connectivity index (χ4v) is 3.58. The Kier molecular flexibility index (Phi) is 4.18. The quantitative estimate of drug-likeness (QED) is 0.798. The summed E-state index contributed by atoms with van der Waals surface area (Å²) in [4.78, 5) is 20.3. The molecule has 25 heavy (non-hydrogen) atoms. The van der Waals surface area contributed by atoms with Gasteiger partial charge in [-0.2, -0.15) is 0 Å². The summed E-state index contributed by atoms with van der Waals surface area (Å²) in [5.41, 5.74) is 4.60. The van der Waals surface area contributed by atoms with Crippen molar-refractivity contribution in [1.29, 1.82) is 0 Å². The average molecular weight is 333 g/mol. The van der Waals surface area contributed by atoms with Gasteiger partial charge in [0, 0.05) is 43.1 Å². The van der Waals surface area contributed by atoms with E-state index in [2.05, 4.69) is 65.3 Å². The van der Waals surface area contributed by atoms with Crippen LogP contribution in [0.3, 0.4) is 0 Å². The number of fused-ring (bicyclic) bond motifs is 1. The van der Waals surface area contributed by atoms with Crippen LogP contribution in [0.25, 0.3) is 10.9 Å². The van der Waals surface area contributed by atoms with Gasteiger partial charge in [0.2, 0.25) is 5.91 Å². The topological polar surface area (TPSA) is 39.3 Å². The first kappa shape index (κ1) is 15.8. The summed E-state index contributed by atoms with van der Waals surface area (Å²) in [6.07, 6.45) is 0.478. The summed E-state index contributed by atoms with van der Waals surface area (Å²) < 4.78 is 0. The lowest BCUT2D eigenvalue weighted by molar-refractivity contribution is -0.130. The Labute approximate surface area is 148 Å². The minimum Gasteiger partial charge on any atom is -0.368 e. The van der Waals surface area contributed by atoms with Crippen molar-refractivity contribution in [3.8, 4) is 0 Å². The number of hydrogen-bond acceptors (Lipinski definition) is 2. The number of carbonyl (C=O) groups excluding carboxylic acids is 1. The number of rotatable bonds is 3. The Morgan fingerprint density at radius 2 is 1.76 bits per heavy atom. The van der Waals surface area contributed by atoms with E-state index in [0.717, 1.165) is 43.0 Å². The number of hydrogen-bond donors (Lipinski definition) is 1. The minimum atomic E-state index is 0.222. The van der Waals surface area contributed by atoms with Crippen molar-refractivity contribution in [2.75, 3.05) is 31.1 Å². The number of aromatic amines is 1. The maximum absolute atomic E-state index is 12.7. The summed E-state index contributed by atoms with van der Waals surface area (Å²) in [5.74, 6) is 0.222. The molecule has 0 spiro atoms. The smallest absolute Gasteiger partial charge is 0.227 e. The Hall–Kier alpha value is -2.75.